The maximum Gasteiger partial charge on any atom is 0.106 e. The molecule has 0 amide bonds. The van der Waals surface area contributed by atoms with Crippen LogP contribution in [0.1, 0.15) is 22.8 Å². The Balaban J connectivity index is 2.38. The zero-order chi connectivity index (χ0) is 10.8. The average molecular weight is 266 g/mol. The molecule has 1 heterocycles. The predicted molar refractivity (Wildman–Crippen MR) is 63.7 cm³/mol. The number of nitrogens with one attached hydrogen (secondary N) is 1. The molecule has 0 saturated heterocycles. The van der Waals surface area contributed by atoms with Crippen molar-refractivity contribution in [1.82, 2.24) is 4.98 Å². The van der Waals surface area contributed by atoms with Gasteiger partial charge in [0.15, 0.2) is 0 Å². The number of H-pyrrole nitrogens is 1. The Morgan fingerprint density at radius 2 is 2.13 bits per heavy atom. The summed E-state index contributed by atoms with van der Waals surface area (Å²) >= 11 is 3.41. The molecule has 0 aliphatic heterocycles. The van der Waals surface area contributed by atoms with E-state index in [1.54, 1.807) is 0 Å². The van der Waals surface area contributed by atoms with Crippen LogP contribution >= 0.6 is 15.9 Å². The molecule has 0 aliphatic carbocycles. The summed E-state index contributed by atoms with van der Waals surface area (Å²) in [6.45, 7) is 2.00. The van der Waals surface area contributed by atoms with Crippen LogP contribution in [0, 0.1) is 6.92 Å². The normalized spacial score (nSPS) is 12.7. The van der Waals surface area contributed by atoms with Crippen LogP contribution in [-0.2, 0) is 0 Å². The topological polar surface area (TPSA) is 36.0 Å². The average Bonchev–Trinajstić information content (AvgIpc) is 2.69. The van der Waals surface area contributed by atoms with Gasteiger partial charge >= 0.3 is 0 Å². The summed E-state index contributed by atoms with van der Waals surface area (Å²) in [5, 5.41) is 10.1. The van der Waals surface area contributed by atoms with Crippen LogP contribution < -0.4 is 0 Å². The van der Waals surface area contributed by atoms with E-state index in [2.05, 4.69) is 20.9 Å². The van der Waals surface area contributed by atoms with E-state index in [-0.39, 0.29) is 0 Å². The van der Waals surface area contributed by atoms with Gasteiger partial charge in [-0.1, -0.05) is 22.0 Å². The molecule has 0 spiro atoms. The van der Waals surface area contributed by atoms with Crippen molar-refractivity contribution in [3.63, 3.8) is 0 Å². The van der Waals surface area contributed by atoms with Gasteiger partial charge in [-0.2, -0.15) is 0 Å². The fourth-order valence-electron chi connectivity index (χ4n) is 1.63. The van der Waals surface area contributed by atoms with E-state index in [0.29, 0.717) is 0 Å². The Labute approximate surface area is 97.1 Å². The van der Waals surface area contributed by atoms with Crippen molar-refractivity contribution in [3.05, 3.63) is 57.8 Å². The van der Waals surface area contributed by atoms with Crippen molar-refractivity contribution < 1.29 is 5.11 Å². The van der Waals surface area contributed by atoms with Gasteiger partial charge in [-0.3, -0.25) is 0 Å². The molecule has 1 aromatic heterocycles. The van der Waals surface area contributed by atoms with Gasteiger partial charge in [0.1, 0.15) is 6.10 Å². The first-order chi connectivity index (χ1) is 7.18. The molecule has 2 rings (SSSR count). The van der Waals surface area contributed by atoms with Gasteiger partial charge in [0.05, 0.1) is 0 Å². The zero-order valence-corrected chi connectivity index (χ0v) is 9.95. The number of aromatic nitrogens is 1. The third-order valence-electron chi connectivity index (χ3n) is 2.46. The van der Waals surface area contributed by atoms with Gasteiger partial charge < -0.3 is 10.1 Å². The monoisotopic (exact) mass is 265 g/mol. The number of hydrogen-bond donors (Lipinski definition) is 2. The maximum atomic E-state index is 10.1. The zero-order valence-electron chi connectivity index (χ0n) is 8.37. The molecule has 78 valence electrons. The minimum atomic E-state index is -0.552. The first kappa shape index (κ1) is 10.5. The van der Waals surface area contributed by atoms with Gasteiger partial charge in [-0.15, -0.1) is 0 Å². The van der Waals surface area contributed by atoms with Crippen LogP contribution in [0.5, 0.6) is 0 Å². The summed E-state index contributed by atoms with van der Waals surface area (Å²) in [6, 6.07) is 7.77. The summed E-state index contributed by atoms with van der Waals surface area (Å²) in [5.74, 6) is 0. The van der Waals surface area contributed by atoms with E-state index < -0.39 is 6.10 Å². The molecule has 2 nitrogen and oxygen atoms in total. The molecule has 1 aromatic carbocycles. The lowest BCUT2D eigenvalue weighted by molar-refractivity contribution is 0.219. The minimum absolute atomic E-state index is 0.552. The Hall–Kier alpha value is -1.06. The van der Waals surface area contributed by atoms with Crippen molar-refractivity contribution in [3.8, 4) is 0 Å². The molecule has 1 atom stereocenters. The molecule has 1 unspecified atom stereocenters. The van der Waals surface area contributed by atoms with E-state index >= 15 is 0 Å². The van der Waals surface area contributed by atoms with Crippen molar-refractivity contribution in [2.75, 3.05) is 0 Å². The molecule has 3 heteroatoms. The lowest BCUT2D eigenvalue weighted by Gasteiger charge is -2.12. The summed E-state index contributed by atoms with van der Waals surface area (Å²) < 4.78 is 1.03. The molecule has 0 fully saturated rings. The first-order valence-electron chi connectivity index (χ1n) is 4.75. The maximum absolute atomic E-state index is 10.1. The van der Waals surface area contributed by atoms with Gasteiger partial charge in [-0.05, 0) is 36.2 Å². The lowest BCUT2D eigenvalue weighted by Crippen LogP contribution is -2.00. The SMILES string of the molecule is Cc1cc(Br)ccc1C(O)c1cc[nH]c1. The van der Waals surface area contributed by atoms with Crippen LogP contribution in [0.15, 0.2) is 41.1 Å². The number of hydrogen-bond acceptors (Lipinski definition) is 1. The van der Waals surface area contributed by atoms with E-state index in [0.717, 1.165) is 21.2 Å². The summed E-state index contributed by atoms with van der Waals surface area (Å²) in [4.78, 5) is 2.94. The van der Waals surface area contributed by atoms with Crippen molar-refractivity contribution >= 4 is 15.9 Å². The highest BCUT2D eigenvalue weighted by molar-refractivity contribution is 9.10. The molecular formula is C12H12BrNO. The van der Waals surface area contributed by atoms with Gasteiger partial charge in [0.2, 0.25) is 0 Å². The van der Waals surface area contributed by atoms with Crippen LogP contribution in [-0.4, -0.2) is 10.1 Å². The highest BCUT2D eigenvalue weighted by Gasteiger charge is 2.12. The summed E-state index contributed by atoms with van der Waals surface area (Å²) in [7, 11) is 0. The van der Waals surface area contributed by atoms with Crippen molar-refractivity contribution in [2.45, 2.75) is 13.0 Å². The van der Waals surface area contributed by atoms with Crippen LogP contribution in [0.2, 0.25) is 0 Å². The van der Waals surface area contributed by atoms with Crippen molar-refractivity contribution in [1.29, 1.82) is 0 Å². The Kier molecular flexibility index (Phi) is 2.93. The minimum Gasteiger partial charge on any atom is -0.384 e. The smallest absolute Gasteiger partial charge is 0.106 e. The van der Waals surface area contributed by atoms with E-state index in [1.165, 1.54) is 0 Å². The Morgan fingerprint density at radius 3 is 2.73 bits per heavy atom. The van der Waals surface area contributed by atoms with E-state index in [4.69, 9.17) is 0 Å². The fourth-order valence-corrected chi connectivity index (χ4v) is 2.11. The van der Waals surface area contributed by atoms with Crippen LogP contribution in [0.4, 0.5) is 0 Å². The lowest BCUT2D eigenvalue weighted by atomic mass is 10.00. The quantitative estimate of drug-likeness (QED) is 0.860. The third kappa shape index (κ3) is 2.13. The molecule has 2 aromatic rings. The largest absolute Gasteiger partial charge is 0.384 e. The van der Waals surface area contributed by atoms with Gasteiger partial charge in [0, 0.05) is 22.4 Å². The Bertz CT molecular complexity index is 451. The number of rotatable bonds is 2. The molecule has 2 N–H and O–H groups in total. The van der Waals surface area contributed by atoms with Gasteiger partial charge in [0.25, 0.3) is 0 Å². The Morgan fingerprint density at radius 1 is 1.33 bits per heavy atom. The molecule has 0 saturated carbocycles. The number of benzene rings is 1. The second-order valence-electron chi connectivity index (χ2n) is 3.55. The fraction of sp³-hybridized carbons (Fsp3) is 0.167. The molecule has 0 bridgehead atoms. The molecule has 0 radical (unpaired) electrons. The predicted octanol–water partition coefficient (Wildman–Crippen LogP) is 3.17. The first-order valence-corrected chi connectivity index (χ1v) is 5.54. The van der Waals surface area contributed by atoms with Crippen LogP contribution in [0.3, 0.4) is 0 Å². The highest BCUT2D eigenvalue weighted by atomic mass is 79.9. The number of aromatic amines is 1. The highest BCUT2D eigenvalue weighted by Crippen LogP contribution is 2.26. The molecule has 0 aliphatic rings. The summed E-state index contributed by atoms with van der Waals surface area (Å²) in [5.41, 5.74) is 2.91. The molecular weight excluding hydrogens is 254 g/mol. The van der Waals surface area contributed by atoms with Gasteiger partial charge in [-0.25, -0.2) is 0 Å². The summed E-state index contributed by atoms with van der Waals surface area (Å²) in [6.07, 6.45) is 3.07. The number of aryl methyl sites for hydroxylation is 1. The van der Waals surface area contributed by atoms with E-state index in [9.17, 15) is 5.11 Å². The van der Waals surface area contributed by atoms with Crippen LogP contribution in [0.25, 0.3) is 0 Å². The van der Waals surface area contributed by atoms with Crippen molar-refractivity contribution in [2.24, 2.45) is 0 Å². The molecule has 15 heavy (non-hydrogen) atoms. The third-order valence-corrected chi connectivity index (χ3v) is 2.96. The van der Waals surface area contributed by atoms with E-state index in [1.807, 2.05) is 43.6 Å². The second-order valence-corrected chi connectivity index (χ2v) is 4.46. The number of halogens is 1. The second kappa shape index (κ2) is 4.21. The number of aliphatic hydroxyl groups excluding tert-OH is 1. The standard InChI is InChI=1S/C12H12BrNO/c1-8-6-10(13)2-3-11(8)12(15)9-4-5-14-7-9/h2-7,12,14-15H,1H3. The number of aliphatic hydroxyl groups is 1.